The number of amidine groups is 1. The van der Waals surface area contributed by atoms with Gasteiger partial charge in [0, 0.05) is 44.0 Å². The molecule has 204 valence electrons. The standard InChI is InChI=1S/C28H42N4O4S/c1-19(2)36-18-22-5-7-24(8-6-22)26-30-27(34)28(31-26)12-14-32(15-13-28)37(35)16-11-23-9-10-25(17-20(23)3)29-21(4)33/h9-10,17,19,22,24H,5-8,11-16,18H2,1-4H3,(H,29,33)(H,30,31,34). The number of carbonyl (C=O) groups excluding carboxylic acids is 2. The molecule has 1 aliphatic carbocycles. The third-order valence-corrected chi connectivity index (χ3v) is 9.44. The van der Waals surface area contributed by atoms with E-state index in [0.717, 1.165) is 54.9 Å². The zero-order valence-electron chi connectivity index (χ0n) is 22.7. The quantitative estimate of drug-likeness (QED) is 0.508. The van der Waals surface area contributed by atoms with Crippen LogP contribution in [0.2, 0.25) is 0 Å². The molecule has 8 nitrogen and oxygen atoms in total. The fourth-order valence-electron chi connectivity index (χ4n) is 5.65. The number of piperidine rings is 1. The number of hydrogen-bond donors (Lipinski definition) is 2. The van der Waals surface area contributed by atoms with Gasteiger partial charge in [-0.3, -0.25) is 14.6 Å². The molecule has 2 fully saturated rings. The van der Waals surface area contributed by atoms with Crippen LogP contribution in [0.25, 0.3) is 0 Å². The van der Waals surface area contributed by atoms with E-state index >= 15 is 0 Å². The Labute approximate surface area is 223 Å². The minimum atomic E-state index is -1.11. The summed E-state index contributed by atoms with van der Waals surface area (Å²) < 4.78 is 20.8. The average molecular weight is 531 g/mol. The van der Waals surface area contributed by atoms with E-state index in [0.29, 0.717) is 49.9 Å². The van der Waals surface area contributed by atoms with Gasteiger partial charge in [0.05, 0.1) is 17.1 Å². The van der Waals surface area contributed by atoms with Crippen LogP contribution in [0, 0.1) is 18.8 Å². The fraction of sp³-hybridized carbons (Fsp3) is 0.679. The zero-order chi connectivity index (χ0) is 26.6. The predicted molar refractivity (Wildman–Crippen MR) is 148 cm³/mol. The maximum Gasteiger partial charge on any atom is 0.253 e. The van der Waals surface area contributed by atoms with Gasteiger partial charge in [-0.1, -0.05) is 6.07 Å². The highest BCUT2D eigenvalue weighted by molar-refractivity contribution is 7.82. The molecule has 1 aromatic rings. The molecule has 2 N–H and O–H groups in total. The number of rotatable bonds is 9. The number of benzene rings is 1. The Morgan fingerprint density at radius 3 is 2.57 bits per heavy atom. The molecule has 0 radical (unpaired) electrons. The third-order valence-electron chi connectivity index (χ3n) is 7.94. The minimum Gasteiger partial charge on any atom is -0.379 e. The van der Waals surface area contributed by atoms with Gasteiger partial charge in [-0.05, 0) is 94.9 Å². The van der Waals surface area contributed by atoms with Gasteiger partial charge in [-0.2, -0.15) is 0 Å². The van der Waals surface area contributed by atoms with E-state index in [-0.39, 0.29) is 17.9 Å². The van der Waals surface area contributed by atoms with Crippen LogP contribution in [-0.2, 0) is 31.7 Å². The van der Waals surface area contributed by atoms with Crippen molar-refractivity contribution < 1.29 is 18.5 Å². The molecular weight excluding hydrogens is 488 g/mol. The number of aliphatic imine (C=N–C) groups is 1. The number of hydrogen-bond acceptors (Lipinski definition) is 5. The summed E-state index contributed by atoms with van der Waals surface area (Å²) in [5.41, 5.74) is 2.29. The summed E-state index contributed by atoms with van der Waals surface area (Å²) in [4.78, 5) is 29.2. The maximum atomic E-state index is 13.1. The Bertz CT molecular complexity index is 1040. The van der Waals surface area contributed by atoms with Crippen molar-refractivity contribution in [1.82, 2.24) is 9.62 Å². The summed E-state index contributed by atoms with van der Waals surface area (Å²) in [5, 5.41) is 5.92. The molecule has 1 saturated carbocycles. The van der Waals surface area contributed by atoms with Crippen LogP contribution >= 0.6 is 0 Å². The molecule has 1 aromatic carbocycles. The molecule has 0 bridgehead atoms. The van der Waals surface area contributed by atoms with Crippen LogP contribution in [0.1, 0.15) is 70.4 Å². The van der Waals surface area contributed by atoms with E-state index in [1.54, 1.807) is 0 Å². The van der Waals surface area contributed by atoms with E-state index in [1.807, 2.05) is 29.4 Å². The van der Waals surface area contributed by atoms with Crippen molar-refractivity contribution in [2.45, 2.75) is 84.3 Å². The van der Waals surface area contributed by atoms with Crippen LogP contribution < -0.4 is 10.6 Å². The van der Waals surface area contributed by atoms with E-state index in [9.17, 15) is 13.8 Å². The van der Waals surface area contributed by atoms with E-state index in [4.69, 9.17) is 9.73 Å². The minimum absolute atomic E-state index is 0.0214. The first kappa shape index (κ1) is 27.9. The lowest BCUT2D eigenvalue weighted by Gasteiger charge is -2.34. The first-order valence-corrected chi connectivity index (χ1v) is 15.0. The van der Waals surface area contributed by atoms with Crippen molar-refractivity contribution >= 4 is 34.3 Å². The number of ether oxygens (including phenoxy) is 1. The van der Waals surface area contributed by atoms with Gasteiger partial charge in [0.2, 0.25) is 5.91 Å². The van der Waals surface area contributed by atoms with Gasteiger partial charge in [-0.25, -0.2) is 8.51 Å². The molecule has 2 aliphatic heterocycles. The second-order valence-corrected chi connectivity index (χ2v) is 12.7. The Balaban J connectivity index is 1.26. The molecule has 9 heteroatoms. The molecule has 1 unspecified atom stereocenters. The second-order valence-electron chi connectivity index (χ2n) is 11.1. The van der Waals surface area contributed by atoms with Crippen molar-refractivity contribution in [3.8, 4) is 0 Å². The Morgan fingerprint density at radius 2 is 1.95 bits per heavy atom. The monoisotopic (exact) mass is 530 g/mol. The average Bonchev–Trinajstić information content (AvgIpc) is 3.17. The highest BCUT2D eigenvalue weighted by Crippen LogP contribution is 2.36. The van der Waals surface area contributed by atoms with Gasteiger partial charge in [0.15, 0.2) is 0 Å². The smallest absolute Gasteiger partial charge is 0.253 e. The summed E-state index contributed by atoms with van der Waals surface area (Å²) in [6.07, 6.45) is 6.50. The van der Waals surface area contributed by atoms with Crippen LogP contribution in [0.5, 0.6) is 0 Å². The lowest BCUT2D eigenvalue weighted by Crippen LogP contribution is -2.49. The molecule has 37 heavy (non-hydrogen) atoms. The first-order valence-electron chi connectivity index (χ1n) is 13.7. The second kappa shape index (κ2) is 12.2. The number of nitrogens with zero attached hydrogens (tertiary/aromatic N) is 2. The first-order chi connectivity index (χ1) is 17.6. The van der Waals surface area contributed by atoms with Crippen molar-refractivity contribution in [2.75, 3.05) is 30.8 Å². The largest absolute Gasteiger partial charge is 0.379 e. The third kappa shape index (κ3) is 7.06. The summed E-state index contributed by atoms with van der Waals surface area (Å²) >= 11 is 0. The Kier molecular flexibility index (Phi) is 9.19. The summed E-state index contributed by atoms with van der Waals surface area (Å²) in [5.74, 6) is 2.27. The van der Waals surface area contributed by atoms with Gasteiger partial charge < -0.3 is 15.4 Å². The van der Waals surface area contributed by atoms with Crippen LogP contribution in [0.15, 0.2) is 23.2 Å². The van der Waals surface area contributed by atoms with E-state index in [1.165, 1.54) is 6.92 Å². The van der Waals surface area contributed by atoms with Crippen LogP contribution in [-0.4, -0.2) is 63.3 Å². The maximum absolute atomic E-state index is 13.1. The number of amides is 2. The summed E-state index contributed by atoms with van der Waals surface area (Å²) in [6, 6.07) is 5.83. The lowest BCUT2D eigenvalue weighted by atomic mass is 9.81. The van der Waals surface area contributed by atoms with Gasteiger partial charge in [-0.15, -0.1) is 0 Å². The number of anilines is 1. The van der Waals surface area contributed by atoms with Crippen LogP contribution in [0.3, 0.4) is 0 Å². The van der Waals surface area contributed by atoms with E-state index in [2.05, 4.69) is 24.5 Å². The van der Waals surface area contributed by atoms with Crippen molar-refractivity contribution in [2.24, 2.45) is 16.8 Å². The van der Waals surface area contributed by atoms with Crippen molar-refractivity contribution in [3.63, 3.8) is 0 Å². The predicted octanol–water partition coefficient (Wildman–Crippen LogP) is 3.75. The zero-order valence-corrected chi connectivity index (χ0v) is 23.5. The lowest BCUT2D eigenvalue weighted by molar-refractivity contribution is -0.125. The fourth-order valence-corrected chi connectivity index (χ4v) is 6.89. The van der Waals surface area contributed by atoms with Crippen molar-refractivity contribution in [3.05, 3.63) is 29.3 Å². The van der Waals surface area contributed by atoms with Gasteiger partial charge in [0.1, 0.15) is 11.4 Å². The normalized spacial score (nSPS) is 24.7. The van der Waals surface area contributed by atoms with Gasteiger partial charge >= 0.3 is 0 Å². The number of carbonyl (C=O) groups is 2. The molecule has 2 amide bonds. The Morgan fingerprint density at radius 1 is 1.24 bits per heavy atom. The topological polar surface area (TPSA) is 100 Å². The SMILES string of the molecule is CC(=O)Nc1ccc(CCS(=O)N2CCC3(CC2)N=C(C2CCC(COC(C)C)CC2)NC3=O)c(C)c1. The molecular formula is C28H42N4O4S. The van der Waals surface area contributed by atoms with Gasteiger partial charge in [0.25, 0.3) is 5.91 Å². The van der Waals surface area contributed by atoms with Crippen LogP contribution in [0.4, 0.5) is 5.69 Å². The molecule has 2 heterocycles. The summed E-state index contributed by atoms with van der Waals surface area (Å²) in [6.45, 7) is 9.69. The molecule has 0 aromatic heterocycles. The van der Waals surface area contributed by atoms with Crippen molar-refractivity contribution in [1.29, 1.82) is 0 Å². The highest BCUT2D eigenvalue weighted by atomic mass is 32.2. The molecule has 1 atom stereocenters. The Hall–Kier alpha value is -2.10. The molecule has 4 rings (SSSR count). The van der Waals surface area contributed by atoms with E-state index < -0.39 is 16.5 Å². The highest BCUT2D eigenvalue weighted by Gasteiger charge is 2.47. The molecule has 1 saturated heterocycles. The molecule has 1 spiro atoms. The summed E-state index contributed by atoms with van der Waals surface area (Å²) in [7, 11) is -1.11. The number of nitrogens with one attached hydrogen (secondary N) is 2. The molecule has 3 aliphatic rings. The number of aryl methyl sites for hydroxylation is 2.